The van der Waals surface area contributed by atoms with Crippen molar-refractivity contribution in [1.82, 2.24) is 9.78 Å². The highest BCUT2D eigenvalue weighted by molar-refractivity contribution is 5.95. The van der Waals surface area contributed by atoms with Crippen LogP contribution in [-0.4, -0.2) is 15.6 Å². The number of nitrogens with zero attached hydrogens (tertiary/aromatic N) is 2. The molecule has 0 amide bonds. The predicted octanol–water partition coefficient (Wildman–Crippen LogP) is 0.870. The van der Waals surface area contributed by atoms with Gasteiger partial charge in [0.1, 0.15) is 11.7 Å². The zero-order valence-corrected chi connectivity index (χ0v) is 9.64. The van der Waals surface area contributed by atoms with Gasteiger partial charge >= 0.3 is 0 Å². The van der Waals surface area contributed by atoms with Crippen molar-refractivity contribution in [2.24, 2.45) is 12.8 Å². The summed E-state index contributed by atoms with van der Waals surface area (Å²) in [6.07, 6.45) is 0. The van der Waals surface area contributed by atoms with Crippen LogP contribution in [0.4, 0.5) is 4.39 Å². The maximum atomic E-state index is 12.8. The van der Waals surface area contributed by atoms with Crippen LogP contribution in [0.2, 0.25) is 0 Å². The van der Waals surface area contributed by atoms with Gasteiger partial charge in [-0.05, 0) is 30.3 Å². The van der Waals surface area contributed by atoms with E-state index in [-0.39, 0.29) is 17.2 Å². The zero-order chi connectivity index (χ0) is 13.3. The van der Waals surface area contributed by atoms with Gasteiger partial charge in [0.15, 0.2) is 0 Å². The van der Waals surface area contributed by atoms with Crippen molar-refractivity contribution in [3.05, 3.63) is 52.1 Å². The van der Waals surface area contributed by atoms with Gasteiger partial charge in [-0.15, -0.1) is 0 Å². The summed E-state index contributed by atoms with van der Waals surface area (Å²) in [4.78, 5) is 11.7. The van der Waals surface area contributed by atoms with Crippen LogP contribution in [-0.2, 0) is 7.05 Å². The fraction of sp³-hybridized carbons (Fsp3) is 0.0833. The quantitative estimate of drug-likeness (QED) is 0.609. The standard InChI is InChI=1S/C12H11FN4O/c1-17-12(18)9(11(14)15)6-10(16-17)7-2-4-8(13)5-3-7/h2-6H,1H3,(H3,14,15). The normalized spacial score (nSPS) is 10.3. The maximum absolute atomic E-state index is 12.8. The van der Waals surface area contributed by atoms with Crippen LogP contribution in [0.25, 0.3) is 11.3 Å². The van der Waals surface area contributed by atoms with Crippen molar-refractivity contribution in [2.75, 3.05) is 0 Å². The van der Waals surface area contributed by atoms with Gasteiger partial charge in [-0.2, -0.15) is 5.10 Å². The second kappa shape index (κ2) is 4.40. The Bertz CT molecular complexity index is 661. The number of benzene rings is 1. The molecule has 0 radical (unpaired) electrons. The first-order chi connectivity index (χ1) is 8.49. The van der Waals surface area contributed by atoms with Crippen LogP contribution < -0.4 is 11.3 Å². The minimum Gasteiger partial charge on any atom is -0.384 e. The van der Waals surface area contributed by atoms with Crippen molar-refractivity contribution >= 4 is 5.84 Å². The second-order valence-corrected chi connectivity index (χ2v) is 3.79. The molecular formula is C12H11FN4O. The monoisotopic (exact) mass is 246 g/mol. The van der Waals surface area contributed by atoms with Gasteiger partial charge in [0.25, 0.3) is 5.56 Å². The lowest BCUT2D eigenvalue weighted by Gasteiger charge is -2.06. The molecule has 0 saturated heterocycles. The molecule has 3 N–H and O–H groups in total. The Labute approximate surface area is 102 Å². The molecule has 2 rings (SSSR count). The summed E-state index contributed by atoms with van der Waals surface area (Å²) < 4.78 is 13.9. The van der Waals surface area contributed by atoms with Gasteiger partial charge in [0, 0.05) is 12.6 Å². The molecule has 0 fully saturated rings. The Kier molecular flexibility index (Phi) is 2.93. The highest BCUT2D eigenvalue weighted by Gasteiger charge is 2.10. The van der Waals surface area contributed by atoms with Gasteiger partial charge in [-0.25, -0.2) is 9.07 Å². The van der Waals surface area contributed by atoms with E-state index >= 15 is 0 Å². The highest BCUT2D eigenvalue weighted by Crippen LogP contribution is 2.16. The molecule has 0 saturated carbocycles. The number of hydrogen-bond acceptors (Lipinski definition) is 3. The lowest BCUT2D eigenvalue weighted by Crippen LogP contribution is -2.29. The van der Waals surface area contributed by atoms with E-state index in [0.717, 1.165) is 4.68 Å². The molecule has 6 heteroatoms. The Hall–Kier alpha value is -2.50. The molecule has 1 heterocycles. The van der Waals surface area contributed by atoms with E-state index < -0.39 is 5.56 Å². The van der Waals surface area contributed by atoms with Crippen molar-refractivity contribution in [3.63, 3.8) is 0 Å². The van der Waals surface area contributed by atoms with Crippen molar-refractivity contribution in [1.29, 1.82) is 5.41 Å². The highest BCUT2D eigenvalue weighted by atomic mass is 19.1. The van der Waals surface area contributed by atoms with Gasteiger partial charge in [-0.3, -0.25) is 10.2 Å². The van der Waals surface area contributed by atoms with Crippen LogP contribution in [0.15, 0.2) is 35.1 Å². The second-order valence-electron chi connectivity index (χ2n) is 3.79. The molecule has 1 aromatic carbocycles. The maximum Gasteiger partial charge on any atom is 0.277 e. The smallest absolute Gasteiger partial charge is 0.277 e. The van der Waals surface area contributed by atoms with E-state index in [0.29, 0.717) is 11.3 Å². The number of nitrogens with one attached hydrogen (secondary N) is 1. The van der Waals surface area contributed by atoms with Crippen molar-refractivity contribution in [3.8, 4) is 11.3 Å². The summed E-state index contributed by atoms with van der Waals surface area (Å²) >= 11 is 0. The van der Waals surface area contributed by atoms with Gasteiger partial charge in [-0.1, -0.05) is 0 Å². The summed E-state index contributed by atoms with van der Waals surface area (Å²) in [5.74, 6) is -0.670. The Morgan fingerprint density at radius 2 is 2.00 bits per heavy atom. The third kappa shape index (κ3) is 2.13. The first-order valence-electron chi connectivity index (χ1n) is 5.17. The fourth-order valence-corrected chi connectivity index (χ4v) is 1.56. The van der Waals surface area contributed by atoms with Crippen molar-refractivity contribution in [2.45, 2.75) is 0 Å². The molecule has 0 aliphatic carbocycles. The first-order valence-corrected chi connectivity index (χ1v) is 5.17. The third-order valence-corrected chi connectivity index (χ3v) is 2.49. The van der Waals surface area contributed by atoms with E-state index in [1.165, 1.54) is 25.2 Å². The minimum absolute atomic E-state index is 0.0758. The van der Waals surface area contributed by atoms with Gasteiger partial charge in [0.05, 0.1) is 11.3 Å². The fourth-order valence-electron chi connectivity index (χ4n) is 1.56. The first kappa shape index (κ1) is 12.0. The number of rotatable bonds is 2. The molecular weight excluding hydrogens is 235 g/mol. The number of halogens is 1. The lowest BCUT2D eigenvalue weighted by atomic mass is 10.1. The van der Waals surface area contributed by atoms with Crippen LogP contribution in [0.3, 0.4) is 0 Å². The number of amidine groups is 1. The number of aryl methyl sites for hydroxylation is 1. The topological polar surface area (TPSA) is 84.8 Å². The van der Waals surface area contributed by atoms with E-state index in [4.69, 9.17) is 11.1 Å². The summed E-state index contributed by atoms with van der Waals surface area (Å²) in [5, 5.41) is 11.4. The Morgan fingerprint density at radius 1 is 1.39 bits per heavy atom. The molecule has 0 aliphatic heterocycles. The molecule has 0 spiro atoms. The lowest BCUT2D eigenvalue weighted by molar-refractivity contribution is 0.628. The van der Waals surface area contributed by atoms with E-state index in [2.05, 4.69) is 5.10 Å². The minimum atomic E-state index is -0.437. The number of hydrogen-bond donors (Lipinski definition) is 2. The molecule has 0 unspecified atom stereocenters. The molecule has 1 aromatic heterocycles. The van der Waals surface area contributed by atoms with Crippen molar-refractivity contribution < 1.29 is 4.39 Å². The average Bonchev–Trinajstić information content (AvgIpc) is 2.33. The Morgan fingerprint density at radius 3 is 2.56 bits per heavy atom. The number of nitrogen functional groups attached to an aromatic ring is 1. The van der Waals surface area contributed by atoms with Gasteiger partial charge in [0.2, 0.25) is 0 Å². The summed E-state index contributed by atoms with van der Waals surface area (Å²) in [7, 11) is 1.47. The van der Waals surface area contributed by atoms with Crippen LogP contribution in [0.1, 0.15) is 5.56 Å². The molecule has 92 valence electrons. The zero-order valence-electron chi connectivity index (χ0n) is 9.64. The Balaban J connectivity index is 2.62. The average molecular weight is 246 g/mol. The van der Waals surface area contributed by atoms with E-state index in [1.807, 2.05) is 0 Å². The molecule has 18 heavy (non-hydrogen) atoms. The van der Waals surface area contributed by atoms with Gasteiger partial charge < -0.3 is 5.73 Å². The van der Waals surface area contributed by atoms with Crippen LogP contribution in [0.5, 0.6) is 0 Å². The molecule has 0 aliphatic rings. The summed E-state index contributed by atoms with van der Waals surface area (Å²) in [6.45, 7) is 0. The SMILES string of the molecule is Cn1nc(-c2ccc(F)cc2)cc(C(=N)N)c1=O. The van der Waals surface area contributed by atoms with E-state index in [1.54, 1.807) is 12.1 Å². The van der Waals surface area contributed by atoms with Crippen LogP contribution in [0, 0.1) is 11.2 Å². The van der Waals surface area contributed by atoms with Crippen LogP contribution >= 0.6 is 0 Å². The molecule has 0 atom stereocenters. The predicted molar refractivity (Wildman–Crippen MR) is 65.9 cm³/mol. The number of nitrogens with two attached hydrogens (primary N) is 1. The molecule has 0 bridgehead atoms. The van der Waals surface area contributed by atoms with E-state index in [9.17, 15) is 9.18 Å². The largest absolute Gasteiger partial charge is 0.384 e. The summed E-state index contributed by atoms with van der Waals surface area (Å²) in [6, 6.07) is 7.13. The number of aromatic nitrogens is 2. The summed E-state index contributed by atoms with van der Waals surface area (Å²) in [5.41, 5.74) is 6.08. The molecule has 5 nitrogen and oxygen atoms in total. The molecule has 2 aromatic rings. The third-order valence-electron chi connectivity index (χ3n) is 2.49.